The second kappa shape index (κ2) is 2.88. The van der Waals surface area contributed by atoms with E-state index in [1.54, 1.807) is 0 Å². The van der Waals surface area contributed by atoms with Gasteiger partial charge < -0.3 is 4.90 Å². The van der Waals surface area contributed by atoms with Gasteiger partial charge in [0.2, 0.25) is 0 Å². The molecule has 0 fully saturated rings. The van der Waals surface area contributed by atoms with E-state index in [-0.39, 0.29) is 0 Å². The van der Waals surface area contributed by atoms with E-state index < -0.39 is 0 Å². The molecule has 0 atom stereocenters. The van der Waals surface area contributed by atoms with Gasteiger partial charge in [0, 0.05) is 18.1 Å². The molecule has 0 saturated carbocycles. The van der Waals surface area contributed by atoms with Crippen LogP contribution in [0.25, 0.3) is 12.3 Å². The minimum atomic E-state index is 1.04. The van der Waals surface area contributed by atoms with Crippen molar-refractivity contribution < 1.29 is 0 Å². The number of rotatable bonds is 0. The van der Waals surface area contributed by atoms with Crippen molar-refractivity contribution >= 4 is 12.3 Å². The predicted octanol–water partition coefficient (Wildman–Crippen LogP) is 1.32. The van der Waals surface area contributed by atoms with Crippen LogP contribution in [0.1, 0.15) is 6.42 Å². The third kappa shape index (κ3) is 1.10. The van der Waals surface area contributed by atoms with Crippen molar-refractivity contribution in [2.45, 2.75) is 6.42 Å². The summed E-state index contributed by atoms with van der Waals surface area (Å²) in [5, 5.41) is 2.60. The summed E-state index contributed by atoms with van der Waals surface area (Å²) in [6.07, 6.45) is 12.0. The molecular formula is C13H11N. The molecule has 14 heavy (non-hydrogen) atoms. The van der Waals surface area contributed by atoms with Gasteiger partial charge in [0.05, 0.1) is 0 Å². The van der Waals surface area contributed by atoms with Crippen LogP contribution in [0, 0.1) is 0 Å². The van der Waals surface area contributed by atoms with E-state index >= 15 is 0 Å². The summed E-state index contributed by atoms with van der Waals surface area (Å²) in [6, 6.07) is 8.46. The molecule has 1 aromatic rings. The van der Waals surface area contributed by atoms with Crippen molar-refractivity contribution in [2.24, 2.45) is 0 Å². The Bertz CT molecular complexity index is 535. The van der Waals surface area contributed by atoms with Crippen molar-refractivity contribution in [1.82, 2.24) is 4.90 Å². The lowest BCUT2D eigenvalue weighted by molar-refractivity contribution is 0.690. The Morgan fingerprint density at radius 3 is 2.86 bits per heavy atom. The van der Waals surface area contributed by atoms with Crippen molar-refractivity contribution in [2.75, 3.05) is 0 Å². The zero-order valence-electron chi connectivity index (χ0n) is 7.85. The highest BCUT2D eigenvalue weighted by Gasteiger charge is 2.07. The van der Waals surface area contributed by atoms with E-state index in [0.29, 0.717) is 0 Å². The van der Waals surface area contributed by atoms with Crippen molar-refractivity contribution in [1.29, 1.82) is 0 Å². The first kappa shape index (κ1) is 7.63. The van der Waals surface area contributed by atoms with Gasteiger partial charge in [0.15, 0.2) is 0 Å². The maximum Gasteiger partial charge on any atom is 0.0418 e. The molecule has 0 unspecified atom stereocenters. The average Bonchev–Trinajstić information content (AvgIpc) is 2.26. The van der Waals surface area contributed by atoms with E-state index in [0.717, 1.165) is 6.42 Å². The lowest BCUT2D eigenvalue weighted by Gasteiger charge is -2.22. The molecule has 0 amide bonds. The summed E-state index contributed by atoms with van der Waals surface area (Å²) >= 11 is 0. The van der Waals surface area contributed by atoms with E-state index in [2.05, 4.69) is 59.8 Å². The molecule has 0 radical (unpaired) electrons. The molecule has 1 aromatic carbocycles. The number of hydrogen-bond donors (Lipinski definition) is 0. The molecular weight excluding hydrogens is 170 g/mol. The molecule has 3 rings (SSSR count). The van der Waals surface area contributed by atoms with Crippen LogP contribution in [-0.2, 0) is 0 Å². The standard InChI is InChI=1S/C13H11N/c1-2-6-12-10-14-8-4-3-7-13(14)9-11(12)5-1/h1-2,4-10H,3H2. The largest absolute Gasteiger partial charge is 0.324 e. The Hall–Kier alpha value is -1.76. The van der Waals surface area contributed by atoms with Gasteiger partial charge in [-0.3, -0.25) is 0 Å². The summed E-state index contributed by atoms with van der Waals surface area (Å²) in [4.78, 5) is 2.17. The Balaban J connectivity index is 2.30. The minimum Gasteiger partial charge on any atom is -0.324 e. The monoisotopic (exact) mass is 181 g/mol. The van der Waals surface area contributed by atoms with E-state index in [1.807, 2.05) is 0 Å². The van der Waals surface area contributed by atoms with Gasteiger partial charge in [-0.2, -0.15) is 0 Å². The van der Waals surface area contributed by atoms with E-state index in [4.69, 9.17) is 0 Å². The summed E-state index contributed by atoms with van der Waals surface area (Å²) < 4.78 is 0. The second-order valence-electron chi connectivity index (χ2n) is 3.56. The highest BCUT2D eigenvalue weighted by Crippen LogP contribution is 2.15. The molecule has 2 heterocycles. The van der Waals surface area contributed by atoms with Crippen LogP contribution in [0.4, 0.5) is 0 Å². The van der Waals surface area contributed by atoms with Gasteiger partial charge >= 0.3 is 0 Å². The van der Waals surface area contributed by atoms with Crippen LogP contribution in [0.15, 0.2) is 48.3 Å². The second-order valence-corrected chi connectivity index (χ2v) is 3.56. The zero-order chi connectivity index (χ0) is 9.38. The summed E-state index contributed by atoms with van der Waals surface area (Å²) in [5.41, 5.74) is 1.28. The Morgan fingerprint density at radius 1 is 1.07 bits per heavy atom. The first-order chi connectivity index (χ1) is 6.93. The number of fused-ring (bicyclic) bond motifs is 2. The molecule has 0 aliphatic carbocycles. The lowest BCUT2D eigenvalue weighted by atomic mass is 10.1. The SMILES string of the molecule is C1=CN2C=c3ccccc3=CC2=CC1. The van der Waals surface area contributed by atoms with Gasteiger partial charge in [-0.25, -0.2) is 0 Å². The molecule has 0 bridgehead atoms. The van der Waals surface area contributed by atoms with Gasteiger partial charge in [-0.1, -0.05) is 36.4 Å². The Morgan fingerprint density at radius 2 is 1.93 bits per heavy atom. The van der Waals surface area contributed by atoms with Crippen LogP contribution in [0.5, 0.6) is 0 Å². The average molecular weight is 181 g/mol. The van der Waals surface area contributed by atoms with Crippen molar-refractivity contribution in [3.63, 3.8) is 0 Å². The number of hydrogen-bond acceptors (Lipinski definition) is 1. The third-order valence-corrected chi connectivity index (χ3v) is 2.60. The summed E-state index contributed by atoms with van der Waals surface area (Å²) in [6.45, 7) is 0. The normalized spacial score (nSPS) is 17.4. The van der Waals surface area contributed by atoms with E-state index in [1.165, 1.54) is 16.1 Å². The van der Waals surface area contributed by atoms with Gasteiger partial charge in [-0.05, 0) is 22.9 Å². The summed E-state index contributed by atoms with van der Waals surface area (Å²) in [5.74, 6) is 0. The minimum absolute atomic E-state index is 1.04. The zero-order valence-corrected chi connectivity index (χ0v) is 7.85. The van der Waals surface area contributed by atoms with Crippen LogP contribution in [0.3, 0.4) is 0 Å². The van der Waals surface area contributed by atoms with Gasteiger partial charge in [0.1, 0.15) is 0 Å². The molecule has 0 spiro atoms. The van der Waals surface area contributed by atoms with Gasteiger partial charge in [0.25, 0.3) is 0 Å². The van der Waals surface area contributed by atoms with Crippen LogP contribution in [0.2, 0.25) is 0 Å². The Labute approximate surface area is 83.0 Å². The first-order valence-electron chi connectivity index (χ1n) is 4.87. The quantitative estimate of drug-likeness (QED) is 0.583. The molecule has 0 aromatic heterocycles. The van der Waals surface area contributed by atoms with Crippen molar-refractivity contribution in [3.05, 3.63) is 58.8 Å². The highest BCUT2D eigenvalue weighted by molar-refractivity contribution is 5.56. The molecule has 0 N–H and O–H groups in total. The fraction of sp³-hybridized carbons (Fsp3) is 0.0769. The molecule has 1 nitrogen and oxygen atoms in total. The molecule has 0 saturated heterocycles. The van der Waals surface area contributed by atoms with Crippen LogP contribution in [-0.4, -0.2) is 4.90 Å². The summed E-state index contributed by atoms with van der Waals surface area (Å²) in [7, 11) is 0. The maximum absolute atomic E-state index is 2.24. The predicted molar refractivity (Wildman–Crippen MR) is 58.3 cm³/mol. The Kier molecular flexibility index (Phi) is 1.57. The number of benzene rings is 1. The van der Waals surface area contributed by atoms with Gasteiger partial charge in [-0.15, -0.1) is 0 Å². The number of allylic oxidation sites excluding steroid dienone is 3. The third-order valence-electron chi connectivity index (χ3n) is 2.60. The fourth-order valence-corrected chi connectivity index (χ4v) is 1.87. The topological polar surface area (TPSA) is 3.24 Å². The smallest absolute Gasteiger partial charge is 0.0418 e. The van der Waals surface area contributed by atoms with Crippen LogP contribution < -0.4 is 10.4 Å². The molecule has 68 valence electrons. The first-order valence-corrected chi connectivity index (χ1v) is 4.87. The maximum atomic E-state index is 2.24. The molecule has 2 aliphatic rings. The van der Waals surface area contributed by atoms with Crippen LogP contribution >= 0.6 is 0 Å². The van der Waals surface area contributed by atoms with E-state index in [9.17, 15) is 0 Å². The highest BCUT2D eigenvalue weighted by atomic mass is 15.1. The molecule has 1 heteroatoms. The molecule has 2 aliphatic heterocycles. The van der Waals surface area contributed by atoms with Crippen molar-refractivity contribution in [3.8, 4) is 0 Å². The number of nitrogens with zero attached hydrogens (tertiary/aromatic N) is 1. The fourth-order valence-electron chi connectivity index (χ4n) is 1.87. The lowest BCUT2D eigenvalue weighted by Crippen LogP contribution is -2.32.